The molecule has 2 N–H and O–H groups in total. The molecule has 1 amide bonds. The Labute approximate surface area is 85.9 Å². The van der Waals surface area contributed by atoms with Gasteiger partial charge in [-0.3, -0.25) is 4.79 Å². The molecule has 1 aliphatic carbocycles. The molecule has 0 aliphatic heterocycles. The van der Waals surface area contributed by atoms with E-state index in [1.165, 1.54) is 19.3 Å². The van der Waals surface area contributed by atoms with Crippen molar-refractivity contribution in [3.8, 4) is 0 Å². The first-order valence-electron chi connectivity index (χ1n) is 5.58. The minimum atomic E-state index is -0.145. The molecule has 0 radical (unpaired) electrons. The van der Waals surface area contributed by atoms with E-state index in [2.05, 4.69) is 12.2 Å². The lowest BCUT2D eigenvalue weighted by Gasteiger charge is -2.31. The number of carbonyl (C=O) groups excluding carboxylic acids is 1. The largest absolute Gasteiger partial charge is 0.396 e. The molecule has 0 bridgehead atoms. The first kappa shape index (κ1) is 11.5. The third-order valence-corrected chi connectivity index (χ3v) is 3.13. The van der Waals surface area contributed by atoms with Crippen LogP contribution in [0.1, 0.15) is 45.4 Å². The van der Waals surface area contributed by atoms with Gasteiger partial charge in [0.1, 0.15) is 0 Å². The average Bonchev–Trinajstić information content (AvgIpc) is 2.19. The molecule has 0 unspecified atom stereocenters. The molecule has 1 aliphatic rings. The molecule has 14 heavy (non-hydrogen) atoms. The first-order chi connectivity index (χ1) is 6.69. The van der Waals surface area contributed by atoms with Gasteiger partial charge in [0, 0.05) is 18.6 Å². The van der Waals surface area contributed by atoms with Crippen LogP contribution in [0.3, 0.4) is 0 Å². The smallest absolute Gasteiger partial charge is 0.225 e. The van der Waals surface area contributed by atoms with E-state index in [-0.39, 0.29) is 17.9 Å². The van der Waals surface area contributed by atoms with Gasteiger partial charge < -0.3 is 10.4 Å². The molecule has 3 heteroatoms. The van der Waals surface area contributed by atoms with Crippen LogP contribution in [0.4, 0.5) is 0 Å². The second-order valence-corrected chi connectivity index (χ2v) is 4.45. The zero-order valence-electron chi connectivity index (χ0n) is 9.01. The minimum absolute atomic E-state index is 0.145. The van der Waals surface area contributed by atoms with Gasteiger partial charge in [-0.25, -0.2) is 0 Å². The predicted octanol–water partition coefficient (Wildman–Crippen LogP) is 1.46. The van der Waals surface area contributed by atoms with Crippen molar-refractivity contribution in [2.24, 2.45) is 5.41 Å². The Morgan fingerprint density at radius 3 is 2.57 bits per heavy atom. The Hall–Kier alpha value is -0.570. The summed E-state index contributed by atoms with van der Waals surface area (Å²) in [5, 5.41) is 11.5. The van der Waals surface area contributed by atoms with Crippen molar-refractivity contribution in [3.05, 3.63) is 0 Å². The van der Waals surface area contributed by atoms with E-state index in [4.69, 9.17) is 5.11 Å². The van der Waals surface area contributed by atoms with Crippen LogP contribution in [-0.2, 0) is 4.79 Å². The van der Waals surface area contributed by atoms with Crippen molar-refractivity contribution in [1.82, 2.24) is 5.32 Å². The summed E-state index contributed by atoms with van der Waals surface area (Å²) in [5.74, 6) is 0.172. The molecule has 0 spiro atoms. The van der Waals surface area contributed by atoms with Crippen molar-refractivity contribution >= 4 is 5.91 Å². The Morgan fingerprint density at radius 2 is 2.00 bits per heavy atom. The maximum absolute atomic E-state index is 11.8. The standard InChI is InChI=1S/C11H21NO2/c1-11(6-3-2-4-7-11)10(14)12-8-5-9-13/h13H,2-9H2,1H3,(H,12,14). The van der Waals surface area contributed by atoms with E-state index in [9.17, 15) is 4.79 Å². The van der Waals surface area contributed by atoms with Crippen LogP contribution in [0.2, 0.25) is 0 Å². The number of aliphatic hydroxyl groups excluding tert-OH is 1. The monoisotopic (exact) mass is 199 g/mol. The average molecular weight is 199 g/mol. The van der Waals surface area contributed by atoms with Crippen LogP contribution in [-0.4, -0.2) is 24.2 Å². The summed E-state index contributed by atoms with van der Waals surface area (Å²) in [6, 6.07) is 0. The lowest BCUT2D eigenvalue weighted by Crippen LogP contribution is -2.40. The highest BCUT2D eigenvalue weighted by Gasteiger charge is 2.33. The van der Waals surface area contributed by atoms with Crippen LogP contribution >= 0.6 is 0 Å². The molecule has 0 atom stereocenters. The van der Waals surface area contributed by atoms with Crippen molar-refractivity contribution in [2.75, 3.05) is 13.2 Å². The summed E-state index contributed by atoms with van der Waals surface area (Å²) < 4.78 is 0. The Bertz CT molecular complexity index is 186. The molecule has 0 aromatic rings. The van der Waals surface area contributed by atoms with Crippen LogP contribution in [0.15, 0.2) is 0 Å². The van der Waals surface area contributed by atoms with Gasteiger partial charge in [0.15, 0.2) is 0 Å². The topological polar surface area (TPSA) is 49.3 Å². The van der Waals surface area contributed by atoms with Crippen LogP contribution in [0, 0.1) is 5.41 Å². The second kappa shape index (κ2) is 5.35. The molecule has 1 rings (SSSR count). The van der Waals surface area contributed by atoms with E-state index in [0.29, 0.717) is 13.0 Å². The summed E-state index contributed by atoms with van der Waals surface area (Å²) in [4.78, 5) is 11.8. The maximum Gasteiger partial charge on any atom is 0.225 e. The SMILES string of the molecule is CC1(C(=O)NCCCO)CCCCC1. The van der Waals surface area contributed by atoms with Gasteiger partial charge in [-0.05, 0) is 19.3 Å². The molecule has 0 aromatic heterocycles. The number of rotatable bonds is 4. The van der Waals surface area contributed by atoms with E-state index >= 15 is 0 Å². The minimum Gasteiger partial charge on any atom is -0.396 e. The van der Waals surface area contributed by atoms with Gasteiger partial charge in [0.2, 0.25) is 5.91 Å². The lowest BCUT2D eigenvalue weighted by atomic mass is 9.75. The lowest BCUT2D eigenvalue weighted by molar-refractivity contribution is -0.131. The van der Waals surface area contributed by atoms with Crippen molar-refractivity contribution in [2.45, 2.75) is 45.4 Å². The van der Waals surface area contributed by atoms with Gasteiger partial charge in [0.25, 0.3) is 0 Å². The summed E-state index contributed by atoms with van der Waals surface area (Å²) in [5.41, 5.74) is -0.145. The Kier molecular flexibility index (Phi) is 4.39. The van der Waals surface area contributed by atoms with Gasteiger partial charge in [0.05, 0.1) is 0 Å². The van der Waals surface area contributed by atoms with Crippen molar-refractivity contribution in [3.63, 3.8) is 0 Å². The third kappa shape index (κ3) is 2.98. The maximum atomic E-state index is 11.8. The highest BCUT2D eigenvalue weighted by Crippen LogP contribution is 2.35. The Morgan fingerprint density at radius 1 is 1.36 bits per heavy atom. The van der Waals surface area contributed by atoms with Crippen molar-refractivity contribution in [1.29, 1.82) is 0 Å². The highest BCUT2D eigenvalue weighted by molar-refractivity contribution is 5.82. The van der Waals surface area contributed by atoms with E-state index in [0.717, 1.165) is 12.8 Å². The van der Waals surface area contributed by atoms with Gasteiger partial charge >= 0.3 is 0 Å². The zero-order chi connectivity index (χ0) is 10.4. The number of nitrogens with one attached hydrogen (secondary N) is 1. The molecule has 0 saturated heterocycles. The summed E-state index contributed by atoms with van der Waals surface area (Å²) in [7, 11) is 0. The molecule has 1 saturated carbocycles. The number of hydrogen-bond donors (Lipinski definition) is 2. The molecule has 0 aromatic carbocycles. The normalized spacial score (nSPS) is 20.4. The van der Waals surface area contributed by atoms with E-state index in [1.807, 2.05) is 0 Å². The summed E-state index contributed by atoms with van der Waals surface area (Å²) >= 11 is 0. The second-order valence-electron chi connectivity index (χ2n) is 4.45. The number of amides is 1. The summed E-state index contributed by atoms with van der Waals surface area (Å²) in [6.07, 6.45) is 6.28. The predicted molar refractivity (Wildman–Crippen MR) is 55.9 cm³/mol. The molecular formula is C11H21NO2. The summed E-state index contributed by atoms with van der Waals surface area (Å²) in [6.45, 7) is 2.81. The molecule has 0 heterocycles. The fraction of sp³-hybridized carbons (Fsp3) is 0.909. The molecule has 1 fully saturated rings. The zero-order valence-corrected chi connectivity index (χ0v) is 9.01. The van der Waals surface area contributed by atoms with Gasteiger partial charge in [-0.15, -0.1) is 0 Å². The first-order valence-corrected chi connectivity index (χ1v) is 5.58. The highest BCUT2D eigenvalue weighted by atomic mass is 16.3. The molecular weight excluding hydrogens is 178 g/mol. The van der Waals surface area contributed by atoms with Crippen molar-refractivity contribution < 1.29 is 9.90 Å². The van der Waals surface area contributed by atoms with Crippen LogP contribution in [0.5, 0.6) is 0 Å². The van der Waals surface area contributed by atoms with Crippen LogP contribution in [0.25, 0.3) is 0 Å². The molecule has 82 valence electrons. The van der Waals surface area contributed by atoms with E-state index in [1.54, 1.807) is 0 Å². The third-order valence-electron chi connectivity index (χ3n) is 3.13. The van der Waals surface area contributed by atoms with Gasteiger partial charge in [-0.1, -0.05) is 26.2 Å². The fourth-order valence-corrected chi connectivity index (χ4v) is 2.05. The van der Waals surface area contributed by atoms with E-state index < -0.39 is 0 Å². The van der Waals surface area contributed by atoms with Gasteiger partial charge in [-0.2, -0.15) is 0 Å². The molecule has 3 nitrogen and oxygen atoms in total. The quantitative estimate of drug-likeness (QED) is 0.673. The number of aliphatic hydroxyl groups is 1. The number of hydrogen-bond acceptors (Lipinski definition) is 2. The fourth-order valence-electron chi connectivity index (χ4n) is 2.05. The van der Waals surface area contributed by atoms with Crippen LogP contribution < -0.4 is 5.32 Å². The number of carbonyl (C=O) groups is 1. The Balaban J connectivity index is 2.33.